The molecule has 2 amide bonds. The highest BCUT2D eigenvalue weighted by atomic mass is 19.1. The van der Waals surface area contributed by atoms with E-state index < -0.39 is 30.0 Å². The molecule has 172 valence electrons. The minimum absolute atomic E-state index is 0.120. The maximum absolute atomic E-state index is 14.9. The summed E-state index contributed by atoms with van der Waals surface area (Å²) in [5, 5.41) is 2.60. The number of carbonyl (C=O) groups excluding carboxylic acids is 3. The molecule has 2 aliphatic rings. The Kier molecular flexibility index (Phi) is 7.51. The molecule has 2 atom stereocenters. The van der Waals surface area contributed by atoms with E-state index in [1.54, 1.807) is 19.1 Å². The first-order valence-electron chi connectivity index (χ1n) is 10.6. The molecular weight excluding hydrogens is 419 g/mol. The molecule has 0 spiro atoms. The summed E-state index contributed by atoms with van der Waals surface area (Å²) in [5.41, 5.74) is 0.789. The van der Waals surface area contributed by atoms with Gasteiger partial charge in [-0.1, -0.05) is 0 Å². The van der Waals surface area contributed by atoms with Gasteiger partial charge in [0.25, 0.3) is 0 Å². The molecule has 0 aliphatic carbocycles. The summed E-state index contributed by atoms with van der Waals surface area (Å²) in [7, 11) is 0. The first-order valence-corrected chi connectivity index (χ1v) is 10.6. The van der Waals surface area contributed by atoms with Gasteiger partial charge >= 0.3 is 18.1 Å². The van der Waals surface area contributed by atoms with Crippen LogP contribution < -0.4 is 15.1 Å². The number of hydrogen-bond donors (Lipinski definition) is 1. The molecular formula is C22H27FN4O5. The number of hydrogen-bond acceptors (Lipinski definition) is 6. The fraction of sp³-hybridized carbons (Fsp3) is 0.545. The number of anilines is 2. The number of nitrogens with one attached hydrogen (secondary N) is 1. The van der Waals surface area contributed by atoms with Crippen molar-refractivity contribution in [3.8, 4) is 0 Å². The van der Waals surface area contributed by atoms with Crippen molar-refractivity contribution in [3.63, 3.8) is 0 Å². The summed E-state index contributed by atoms with van der Waals surface area (Å²) >= 11 is 0. The molecule has 9 nitrogen and oxygen atoms in total. The van der Waals surface area contributed by atoms with E-state index in [0.29, 0.717) is 37.3 Å². The Bertz CT molecular complexity index is 910. The quantitative estimate of drug-likeness (QED) is 0.511. The molecule has 0 aromatic heterocycles. The van der Waals surface area contributed by atoms with Crippen LogP contribution >= 0.6 is 0 Å². The maximum Gasteiger partial charge on any atom is 0.414 e. The lowest BCUT2D eigenvalue weighted by atomic mass is 9.89. The molecule has 1 aromatic rings. The van der Waals surface area contributed by atoms with E-state index in [1.165, 1.54) is 17.9 Å². The van der Waals surface area contributed by atoms with Gasteiger partial charge < -0.3 is 24.5 Å². The molecule has 0 bridgehead atoms. The van der Waals surface area contributed by atoms with Crippen molar-refractivity contribution in [1.82, 2.24) is 5.32 Å². The molecule has 0 radical (unpaired) electrons. The zero-order chi connectivity index (χ0) is 23.3. The summed E-state index contributed by atoms with van der Waals surface area (Å²) < 4.78 is 25.1. The number of cyclic esters (lactones) is 1. The lowest BCUT2D eigenvalue weighted by Crippen LogP contribution is -2.40. The second-order valence-electron chi connectivity index (χ2n) is 7.84. The first kappa shape index (κ1) is 23.3. The first-order chi connectivity index (χ1) is 15.3. The highest BCUT2D eigenvalue weighted by Gasteiger charge is 2.38. The van der Waals surface area contributed by atoms with Crippen LogP contribution in [0.25, 0.3) is 4.85 Å². The zero-order valence-corrected chi connectivity index (χ0v) is 18.2. The van der Waals surface area contributed by atoms with Crippen LogP contribution in [0.2, 0.25) is 0 Å². The third-order valence-corrected chi connectivity index (χ3v) is 5.69. The largest absolute Gasteiger partial charge is 0.460 e. The topological polar surface area (TPSA) is 92.5 Å². The molecule has 0 saturated carbocycles. The minimum atomic E-state index is -0.823. The fourth-order valence-electron chi connectivity index (χ4n) is 4.05. The van der Waals surface area contributed by atoms with Gasteiger partial charge in [0.2, 0.25) is 5.91 Å². The number of nitrogens with zero attached hydrogens (tertiary/aromatic N) is 3. The van der Waals surface area contributed by atoms with Crippen molar-refractivity contribution >= 4 is 29.3 Å². The van der Waals surface area contributed by atoms with Crippen LogP contribution in [0.15, 0.2) is 18.2 Å². The molecule has 2 heterocycles. The van der Waals surface area contributed by atoms with Crippen LogP contribution in [0.5, 0.6) is 0 Å². The van der Waals surface area contributed by atoms with Gasteiger partial charge in [-0.15, -0.1) is 0 Å². The Labute approximate surface area is 186 Å². The molecule has 2 fully saturated rings. The van der Waals surface area contributed by atoms with Crippen molar-refractivity contribution in [2.24, 2.45) is 5.92 Å². The van der Waals surface area contributed by atoms with Crippen molar-refractivity contribution in [3.05, 3.63) is 35.4 Å². The molecule has 1 unspecified atom stereocenters. The predicted octanol–water partition coefficient (Wildman–Crippen LogP) is 2.35. The van der Waals surface area contributed by atoms with Gasteiger partial charge in [-0.2, -0.15) is 0 Å². The van der Waals surface area contributed by atoms with Crippen molar-refractivity contribution in [2.45, 2.75) is 38.8 Å². The lowest BCUT2D eigenvalue weighted by Gasteiger charge is -2.33. The number of piperidine rings is 1. The van der Waals surface area contributed by atoms with Crippen LogP contribution in [0.3, 0.4) is 0 Å². The van der Waals surface area contributed by atoms with Crippen LogP contribution in [0.4, 0.5) is 20.6 Å². The molecule has 1 N–H and O–H groups in total. The number of halogens is 1. The Balaban J connectivity index is 1.62. The van der Waals surface area contributed by atoms with E-state index in [0.717, 1.165) is 0 Å². The molecule has 1 aromatic carbocycles. The summed E-state index contributed by atoms with van der Waals surface area (Å²) in [5.74, 6) is -1.30. The predicted molar refractivity (Wildman–Crippen MR) is 115 cm³/mol. The molecule has 2 aliphatic heterocycles. The van der Waals surface area contributed by atoms with Crippen LogP contribution in [-0.4, -0.2) is 62.9 Å². The van der Waals surface area contributed by atoms with Crippen LogP contribution in [-0.2, 0) is 19.1 Å². The summed E-state index contributed by atoms with van der Waals surface area (Å²) in [6, 6.07) is 3.75. The van der Waals surface area contributed by atoms with Gasteiger partial charge in [0, 0.05) is 25.9 Å². The van der Waals surface area contributed by atoms with Crippen LogP contribution in [0, 0.1) is 18.3 Å². The Morgan fingerprint density at radius 3 is 2.69 bits per heavy atom. The molecule has 3 rings (SSSR count). The van der Waals surface area contributed by atoms with Gasteiger partial charge in [-0.3, -0.25) is 9.69 Å². The number of amides is 2. The normalized spacial score (nSPS) is 19.8. The number of esters is 1. The standard InChI is InChI=1S/C22H27FN4O5/c1-4-31-21(29)20(24-3)15-7-9-26(10-8-15)19-6-5-16(11-18(19)23)27-13-17(32-22(27)30)12-25-14(2)28/h5-6,11,15,17,20H,4,7-10,12-13H2,1-2H3,(H,25,28)/t17-,20?/m0/s1. The Morgan fingerprint density at radius 2 is 2.09 bits per heavy atom. The highest BCUT2D eigenvalue weighted by molar-refractivity contribution is 5.90. The Hall–Kier alpha value is -3.35. The van der Waals surface area contributed by atoms with E-state index in [1.807, 2.05) is 4.90 Å². The zero-order valence-electron chi connectivity index (χ0n) is 18.2. The summed E-state index contributed by atoms with van der Waals surface area (Å²) in [6.07, 6.45) is 0.0765. The highest BCUT2D eigenvalue weighted by Crippen LogP contribution is 2.32. The van der Waals surface area contributed by atoms with Gasteiger partial charge in [0.05, 0.1) is 31.1 Å². The fourth-order valence-corrected chi connectivity index (χ4v) is 4.05. The van der Waals surface area contributed by atoms with Crippen molar-refractivity contribution in [2.75, 3.05) is 42.6 Å². The summed E-state index contributed by atoms with van der Waals surface area (Å²) in [4.78, 5) is 41.9. The average Bonchev–Trinajstić information content (AvgIpc) is 3.14. The molecule has 32 heavy (non-hydrogen) atoms. The minimum Gasteiger partial charge on any atom is -0.460 e. The van der Waals surface area contributed by atoms with Gasteiger partial charge in [-0.05, 0) is 38.0 Å². The summed E-state index contributed by atoms with van der Waals surface area (Å²) in [6.45, 7) is 12.1. The van der Waals surface area contributed by atoms with Crippen molar-refractivity contribution < 1.29 is 28.2 Å². The Morgan fingerprint density at radius 1 is 1.38 bits per heavy atom. The van der Waals surface area contributed by atoms with E-state index in [-0.39, 0.29) is 31.5 Å². The average molecular weight is 446 g/mol. The van der Waals surface area contributed by atoms with E-state index >= 15 is 0 Å². The number of rotatable bonds is 7. The molecule has 2 saturated heterocycles. The number of benzene rings is 1. The number of carbonyl (C=O) groups is 3. The van der Waals surface area contributed by atoms with E-state index in [9.17, 15) is 18.8 Å². The lowest BCUT2D eigenvalue weighted by molar-refractivity contribution is -0.145. The smallest absolute Gasteiger partial charge is 0.414 e. The van der Waals surface area contributed by atoms with Gasteiger partial charge in [-0.25, -0.2) is 20.6 Å². The van der Waals surface area contributed by atoms with Crippen molar-refractivity contribution in [1.29, 1.82) is 0 Å². The van der Waals surface area contributed by atoms with E-state index in [2.05, 4.69) is 10.2 Å². The second-order valence-corrected chi connectivity index (χ2v) is 7.84. The number of ether oxygens (including phenoxy) is 2. The maximum atomic E-state index is 14.9. The third-order valence-electron chi connectivity index (χ3n) is 5.69. The SMILES string of the molecule is [C-]#[N+]C(C(=O)OCC)C1CCN(c2ccc(N3C[C@H](CNC(C)=O)OC3=O)cc2F)CC1. The van der Waals surface area contributed by atoms with E-state index in [4.69, 9.17) is 16.0 Å². The van der Waals surface area contributed by atoms with Crippen LogP contribution in [0.1, 0.15) is 26.7 Å². The van der Waals surface area contributed by atoms with Gasteiger partial charge in [0.15, 0.2) is 0 Å². The third kappa shape index (κ3) is 5.28. The molecule has 10 heteroatoms. The van der Waals surface area contributed by atoms with Gasteiger partial charge in [0.1, 0.15) is 11.9 Å². The second kappa shape index (κ2) is 10.3. The monoisotopic (exact) mass is 446 g/mol.